The molecule has 288 valence electrons. The van der Waals surface area contributed by atoms with Gasteiger partial charge in [0.15, 0.2) is 0 Å². The summed E-state index contributed by atoms with van der Waals surface area (Å²) in [6, 6.07) is 86.6. The largest absolute Gasteiger partial charge is 0.511 e. The van der Waals surface area contributed by atoms with E-state index in [1.807, 2.05) is 30.3 Å². The summed E-state index contributed by atoms with van der Waals surface area (Å²) in [4.78, 5) is 12.2. The first-order valence-electron chi connectivity index (χ1n) is 20.2. The fourth-order valence-electron chi connectivity index (χ4n) is 9.16. The average molecular weight is 775 g/mol. The molecular weight excluding hydrogens is 733 g/mol. The van der Waals surface area contributed by atoms with E-state index in [0.29, 0.717) is 5.56 Å². The van der Waals surface area contributed by atoms with Crippen LogP contribution in [-0.2, 0) is 10.8 Å². The van der Waals surface area contributed by atoms with Gasteiger partial charge < -0.3 is 9.84 Å². The first kappa shape index (κ1) is 37.8. The maximum atomic E-state index is 12.2. The lowest BCUT2D eigenvalue weighted by molar-refractivity contribution is 0.144. The van der Waals surface area contributed by atoms with E-state index in [-0.39, 0.29) is 5.75 Å². The van der Waals surface area contributed by atoms with Crippen molar-refractivity contribution in [2.45, 2.75) is 10.8 Å². The third-order valence-corrected chi connectivity index (χ3v) is 11.7. The van der Waals surface area contributed by atoms with E-state index in [4.69, 9.17) is 4.74 Å². The van der Waals surface area contributed by atoms with Crippen molar-refractivity contribution in [3.63, 3.8) is 0 Å². The standard InChI is InChI=1S/C57H42O3/c58-55(59)60-53-33-19-32-52(42-34-38-50(39-35-42)56(44-20-7-1-8-21-44,45-22-9-2-10-23-45)46-24-11-3-12-25-46)54(53)43-36-40-51(41-37-43)57(47-26-13-4-14-27-47,48-28-15-5-16-29-48)49-30-17-6-18-31-49/h1-41H,(H,58,59). The lowest BCUT2D eigenvalue weighted by Crippen LogP contribution is -2.30. The summed E-state index contributed by atoms with van der Waals surface area (Å²) in [5, 5.41) is 9.96. The van der Waals surface area contributed by atoms with Crippen LogP contribution in [0.2, 0.25) is 0 Å². The van der Waals surface area contributed by atoms with Crippen LogP contribution < -0.4 is 4.74 Å². The lowest BCUT2D eigenvalue weighted by atomic mass is 9.65. The summed E-state index contributed by atoms with van der Waals surface area (Å²) >= 11 is 0. The van der Waals surface area contributed by atoms with Crippen molar-refractivity contribution in [1.29, 1.82) is 0 Å². The van der Waals surface area contributed by atoms with Crippen LogP contribution in [0.4, 0.5) is 4.79 Å². The highest BCUT2D eigenvalue weighted by Gasteiger charge is 2.39. The molecule has 0 spiro atoms. The van der Waals surface area contributed by atoms with Crippen LogP contribution in [0.5, 0.6) is 5.75 Å². The number of ether oxygens (including phenoxy) is 1. The summed E-state index contributed by atoms with van der Waals surface area (Å²) in [5.41, 5.74) is 11.2. The number of hydrogen-bond acceptors (Lipinski definition) is 2. The molecule has 0 unspecified atom stereocenters. The molecule has 0 aliphatic carbocycles. The average Bonchev–Trinajstić information content (AvgIpc) is 3.32. The minimum atomic E-state index is -1.37. The Morgan fingerprint density at radius 3 is 0.900 bits per heavy atom. The van der Waals surface area contributed by atoms with Gasteiger partial charge in [-0.2, -0.15) is 0 Å². The van der Waals surface area contributed by atoms with Crippen molar-refractivity contribution in [1.82, 2.24) is 0 Å². The van der Waals surface area contributed by atoms with E-state index in [2.05, 4.69) is 212 Å². The Balaban J connectivity index is 1.21. The molecule has 60 heavy (non-hydrogen) atoms. The molecule has 0 heterocycles. The van der Waals surface area contributed by atoms with Crippen LogP contribution in [0, 0.1) is 0 Å². The zero-order valence-electron chi connectivity index (χ0n) is 32.9. The van der Waals surface area contributed by atoms with E-state index < -0.39 is 17.0 Å². The molecule has 9 aromatic carbocycles. The Kier molecular flexibility index (Phi) is 10.5. The fourth-order valence-corrected chi connectivity index (χ4v) is 9.16. The zero-order chi connectivity index (χ0) is 40.8. The highest BCUT2D eigenvalue weighted by Crippen LogP contribution is 2.48. The van der Waals surface area contributed by atoms with Crippen LogP contribution in [-0.4, -0.2) is 11.3 Å². The molecule has 1 N–H and O–H groups in total. The number of hydrogen-bond donors (Lipinski definition) is 1. The monoisotopic (exact) mass is 774 g/mol. The molecule has 3 nitrogen and oxygen atoms in total. The number of rotatable bonds is 11. The summed E-state index contributed by atoms with van der Waals surface area (Å²) in [5.74, 6) is 0.268. The highest BCUT2D eigenvalue weighted by atomic mass is 16.7. The molecule has 3 heteroatoms. The van der Waals surface area contributed by atoms with E-state index in [9.17, 15) is 9.90 Å². The molecule has 0 saturated heterocycles. The van der Waals surface area contributed by atoms with Gasteiger partial charge in [0.25, 0.3) is 0 Å². The second kappa shape index (κ2) is 16.6. The quantitative estimate of drug-likeness (QED) is 0.0809. The van der Waals surface area contributed by atoms with Crippen LogP contribution in [0.25, 0.3) is 22.3 Å². The Bertz CT molecular complexity index is 2610. The molecule has 0 radical (unpaired) electrons. The van der Waals surface area contributed by atoms with Gasteiger partial charge in [0.1, 0.15) is 5.75 Å². The maximum Gasteiger partial charge on any atom is 0.511 e. The van der Waals surface area contributed by atoms with Gasteiger partial charge in [-0.15, -0.1) is 0 Å². The topological polar surface area (TPSA) is 46.5 Å². The Morgan fingerprint density at radius 1 is 0.317 bits per heavy atom. The van der Waals surface area contributed by atoms with E-state index in [0.717, 1.165) is 61.2 Å². The predicted molar refractivity (Wildman–Crippen MR) is 243 cm³/mol. The third kappa shape index (κ3) is 6.76. The summed E-state index contributed by atoms with van der Waals surface area (Å²) in [6.07, 6.45) is -1.37. The molecule has 0 bridgehead atoms. The van der Waals surface area contributed by atoms with Gasteiger partial charge >= 0.3 is 6.16 Å². The molecule has 0 saturated carbocycles. The molecule has 0 aromatic heterocycles. The summed E-state index contributed by atoms with van der Waals surface area (Å²) in [7, 11) is 0. The molecule has 0 aliphatic heterocycles. The van der Waals surface area contributed by atoms with Gasteiger partial charge in [0, 0.05) is 5.56 Å². The maximum absolute atomic E-state index is 12.2. The fraction of sp³-hybridized carbons (Fsp3) is 0.0351. The molecular formula is C57H42O3. The van der Waals surface area contributed by atoms with E-state index >= 15 is 0 Å². The number of carboxylic acid groups (broad SMARTS) is 1. The van der Waals surface area contributed by atoms with Crippen LogP contribution >= 0.6 is 0 Å². The van der Waals surface area contributed by atoms with Gasteiger partial charge in [-0.1, -0.05) is 243 Å². The Labute approximate surface area is 351 Å². The number of benzene rings is 9. The lowest BCUT2D eigenvalue weighted by Gasteiger charge is -2.37. The van der Waals surface area contributed by atoms with Crippen LogP contribution in [0.3, 0.4) is 0 Å². The molecule has 0 amide bonds. The molecule has 0 fully saturated rings. The van der Waals surface area contributed by atoms with Crippen molar-refractivity contribution < 1.29 is 14.6 Å². The van der Waals surface area contributed by atoms with Gasteiger partial charge in [0.2, 0.25) is 0 Å². The predicted octanol–water partition coefficient (Wildman–Crippen LogP) is 13.8. The van der Waals surface area contributed by atoms with Crippen molar-refractivity contribution in [3.05, 3.63) is 293 Å². The first-order chi connectivity index (χ1) is 29.6. The summed E-state index contributed by atoms with van der Waals surface area (Å²) in [6.45, 7) is 0. The summed E-state index contributed by atoms with van der Waals surface area (Å²) < 4.78 is 5.54. The Hall–Kier alpha value is -7.75. The van der Waals surface area contributed by atoms with E-state index in [1.165, 1.54) is 0 Å². The smallest absolute Gasteiger partial charge is 0.449 e. The minimum absolute atomic E-state index is 0.268. The van der Waals surface area contributed by atoms with Gasteiger partial charge in [-0.05, 0) is 67.3 Å². The van der Waals surface area contributed by atoms with Crippen molar-refractivity contribution in [2.24, 2.45) is 0 Å². The van der Waals surface area contributed by atoms with Crippen LogP contribution in [0.1, 0.15) is 44.5 Å². The third-order valence-electron chi connectivity index (χ3n) is 11.7. The second-order valence-corrected chi connectivity index (χ2v) is 14.9. The SMILES string of the molecule is O=C(O)Oc1cccc(-c2ccc(C(c3ccccc3)(c3ccccc3)c3ccccc3)cc2)c1-c1ccc(C(c2ccccc2)(c2ccccc2)c2ccccc2)cc1. The van der Waals surface area contributed by atoms with Gasteiger partial charge in [0.05, 0.1) is 10.8 Å². The van der Waals surface area contributed by atoms with Gasteiger partial charge in [-0.25, -0.2) is 4.79 Å². The number of carbonyl (C=O) groups is 1. The van der Waals surface area contributed by atoms with Crippen molar-refractivity contribution in [3.8, 4) is 28.0 Å². The molecule has 0 atom stereocenters. The molecule has 9 rings (SSSR count). The van der Waals surface area contributed by atoms with Crippen LogP contribution in [0.15, 0.2) is 249 Å². The highest BCUT2D eigenvalue weighted by molar-refractivity contribution is 5.89. The van der Waals surface area contributed by atoms with Crippen molar-refractivity contribution >= 4 is 6.16 Å². The zero-order valence-corrected chi connectivity index (χ0v) is 32.9. The molecule has 9 aromatic rings. The minimum Gasteiger partial charge on any atom is -0.449 e. The Morgan fingerprint density at radius 2 is 0.600 bits per heavy atom. The normalized spacial score (nSPS) is 11.5. The van der Waals surface area contributed by atoms with E-state index in [1.54, 1.807) is 6.07 Å². The first-order valence-corrected chi connectivity index (χ1v) is 20.2. The van der Waals surface area contributed by atoms with Gasteiger partial charge in [-0.3, -0.25) is 0 Å². The molecule has 0 aliphatic rings. The van der Waals surface area contributed by atoms with Crippen molar-refractivity contribution in [2.75, 3.05) is 0 Å². The second-order valence-electron chi connectivity index (χ2n) is 14.9.